The number of hydrogen-bond donors (Lipinski definition) is 2. The normalized spacial score (nSPS) is 16.5. The lowest BCUT2D eigenvalue weighted by atomic mass is 9.87. The lowest BCUT2D eigenvalue weighted by Gasteiger charge is -2.24. The van der Waals surface area contributed by atoms with Crippen LogP contribution in [0, 0.1) is 0 Å². The first-order valence-electron chi connectivity index (χ1n) is 7.43. The average molecular weight is 410 g/mol. The molecule has 0 saturated heterocycles. The Hall–Kier alpha value is -1.80. The molecule has 0 spiro atoms. The molecule has 24 heavy (non-hydrogen) atoms. The molecule has 1 aromatic heterocycles. The quantitative estimate of drug-likeness (QED) is 0.598. The van der Waals surface area contributed by atoms with Gasteiger partial charge in [-0.15, -0.1) is 0 Å². The third-order valence-electron chi connectivity index (χ3n) is 3.79. The molecule has 0 saturated carbocycles. The predicted octanol–water partition coefficient (Wildman–Crippen LogP) is 3.13. The van der Waals surface area contributed by atoms with Gasteiger partial charge in [0.05, 0.1) is 17.1 Å². The number of carbonyl (C=O) groups excluding carboxylic acids is 1. The van der Waals surface area contributed by atoms with Crippen LogP contribution < -0.4 is 15.6 Å². The fourth-order valence-electron chi connectivity index (χ4n) is 2.74. The van der Waals surface area contributed by atoms with Gasteiger partial charge < -0.3 is 15.0 Å². The maximum Gasteiger partial charge on any atom is 0.257 e. The Balaban J connectivity index is 2.10. The number of carbonyl (C=O) groups is 1. The van der Waals surface area contributed by atoms with E-state index in [-0.39, 0.29) is 23.8 Å². The number of methoxy groups -OCH3 is 1. The van der Waals surface area contributed by atoms with E-state index in [9.17, 15) is 9.59 Å². The van der Waals surface area contributed by atoms with Gasteiger partial charge in [0.2, 0.25) is 5.91 Å². The van der Waals surface area contributed by atoms with E-state index in [0.29, 0.717) is 22.3 Å². The van der Waals surface area contributed by atoms with E-state index in [0.717, 1.165) is 15.8 Å². The van der Waals surface area contributed by atoms with Gasteiger partial charge in [-0.25, -0.2) is 4.98 Å². The van der Waals surface area contributed by atoms with Gasteiger partial charge >= 0.3 is 0 Å². The number of nitrogens with one attached hydrogen (secondary N) is 2. The summed E-state index contributed by atoms with van der Waals surface area (Å²) in [6, 6.07) is 5.55. The van der Waals surface area contributed by atoms with E-state index >= 15 is 0 Å². The number of anilines is 1. The minimum atomic E-state index is -0.340. The number of ether oxygens (including phenoxy) is 1. The molecule has 0 fully saturated rings. The second kappa shape index (κ2) is 6.98. The summed E-state index contributed by atoms with van der Waals surface area (Å²) in [5, 5.41) is 3.23. The number of nitrogens with zero attached hydrogens (tertiary/aromatic N) is 1. The van der Waals surface area contributed by atoms with Crippen LogP contribution in [0.3, 0.4) is 0 Å². The van der Waals surface area contributed by atoms with Crippen LogP contribution in [0.4, 0.5) is 5.82 Å². The molecule has 1 amide bonds. The fourth-order valence-corrected chi connectivity index (χ4v) is 3.89. The largest absolute Gasteiger partial charge is 0.496 e. The lowest BCUT2D eigenvalue weighted by molar-refractivity contribution is -0.116. The molecular weight excluding hydrogens is 394 g/mol. The second-order valence-corrected chi connectivity index (χ2v) is 7.37. The van der Waals surface area contributed by atoms with E-state index in [1.165, 1.54) is 11.8 Å². The summed E-state index contributed by atoms with van der Waals surface area (Å²) < 4.78 is 6.01. The molecular formula is C16H16BrN3O3S. The molecule has 1 aliphatic rings. The van der Waals surface area contributed by atoms with Gasteiger partial charge in [-0.3, -0.25) is 9.59 Å². The van der Waals surface area contributed by atoms with Crippen LogP contribution >= 0.6 is 27.7 Å². The number of benzene rings is 1. The van der Waals surface area contributed by atoms with Crippen LogP contribution in [-0.4, -0.2) is 28.7 Å². The van der Waals surface area contributed by atoms with Crippen molar-refractivity contribution in [2.45, 2.75) is 24.4 Å². The Bertz CT molecular complexity index is 853. The van der Waals surface area contributed by atoms with E-state index in [2.05, 4.69) is 31.2 Å². The maximum absolute atomic E-state index is 12.6. The molecule has 0 bridgehead atoms. The highest BCUT2D eigenvalue weighted by atomic mass is 79.9. The number of H-pyrrole nitrogens is 1. The Morgan fingerprint density at radius 3 is 2.88 bits per heavy atom. The molecule has 2 aromatic rings. The minimum absolute atomic E-state index is 0.148. The van der Waals surface area contributed by atoms with E-state index in [4.69, 9.17) is 4.74 Å². The number of aromatic nitrogens is 2. The zero-order valence-electron chi connectivity index (χ0n) is 13.2. The number of hydrogen-bond acceptors (Lipinski definition) is 5. The molecule has 1 aliphatic heterocycles. The molecule has 0 aliphatic carbocycles. The monoisotopic (exact) mass is 409 g/mol. The minimum Gasteiger partial charge on any atom is -0.496 e. The van der Waals surface area contributed by atoms with Crippen molar-refractivity contribution in [2.75, 3.05) is 18.2 Å². The van der Waals surface area contributed by atoms with Gasteiger partial charge in [0.15, 0.2) is 5.16 Å². The van der Waals surface area contributed by atoms with Crippen LogP contribution in [0.25, 0.3) is 0 Å². The van der Waals surface area contributed by atoms with Crippen molar-refractivity contribution in [3.63, 3.8) is 0 Å². The van der Waals surface area contributed by atoms with Crippen LogP contribution in [0.1, 0.15) is 30.4 Å². The molecule has 126 valence electrons. The summed E-state index contributed by atoms with van der Waals surface area (Å²) in [4.78, 5) is 31.8. The van der Waals surface area contributed by atoms with Crippen molar-refractivity contribution < 1.29 is 9.53 Å². The highest BCUT2D eigenvalue weighted by Gasteiger charge is 2.31. The van der Waals surface area contributed by atoms with Gasteiger partial charge in [0.1, 0.15) is 11.6 Å². The van der Waals surface area contributed by atoms with E-state index in [1.54, 1.807) is 7.11 Å². The van der Waals surface area contributed by atoms with Gasteiger partial charge in [-0.1, -0.05) is 24.8 Å². The fraction of sp³-hybridized carbons (Fsp3) is 0.312. The van der Waals surface area contributed by atoms with Crippen molar-refractivity contribution in [1.29, 1.82) is 0 Å². The number of amides is 1. The molecule has 1 unspecified atom stereocenters. The standard InChI is InChI=1S/C16H16BrN3O3S/c1-3-24-16-19-14-13(15(22)20-16)9(7-12(21)18-14)8-4-5-11(23-2)10(17)6-8/h4-6,9H,3,7H2,1-2H3,(H2,18,19,20,21,22). The average Bonchev–Trinajstić information content (AvgIpc) is 2.53. The SMILES string of the molecule is CCSc1nc2c(c(=O)[nH]1)C(c1ccc(OC)c(Br)c1)CC(=O)N2. The molecule has 0 radical (unpaired) electrons. The summed E-state index contributed by atoms with van der Waals surface area (Å²) in [7, 11) is 1.59. The molecule has 8 heteroatoms. The Kier molecular flexibility index (Phi) is 4.96. The van der Waals surface area contributed by atoms with E-state index < -0.39 is 0 Å². The number of thioether (sulfide) groups is 1. The highest BCUT2D eigenvalue weighted by molar-refractivity contribution is 9.10. The zero-order valence-corrected chi connectivity index (χ0v) is 15.6. The lowest BCUT2D eigenvalue weighted by Crippen LogP contribution is -2.31. The Labute approximate surface area is 151 Å². The van der Waals surface area contributed by atoms with Gasteiger partial charge in [-0.05, 0) is 39.4 Å². The smallest absolute Gasteiger partial charge is 0.257 e. The number of fused-ring (bicyclic) bond motifs is 1. The van der Waals surface area contributed by atoms with Crippen molar-refractivity contribution in [1.82, 2.24) is 9.97 Å². The third-order valence-corrected chi connectivity index (χ3v) is 5.16. The van der Waals surface area contributed by atoms with E-state index in [1.807, 2.05) is 25.1 Å². The topological polar surface area (TPSA) is 84.1 Å². The molecule has 1 atom stereocenters. The number of halogens is 1. The van der Waals surface area contributed by atoms with Crippen LogP contribution in [0.5, 0.6) is 5.75 Å². The van der Waals surface area contributed by atoms with Crippen molar-refractivity contribution in [3.05, 3.63) is 44.2 Å². The van der Waals surface area contributed by atoms with Crippen molar-refractivity contribution in [2.24, 2.45) is 0 Å². The van der Waals surface area contributed by atoms with Crippen LogP contribution in [0.15, 0.2) is 32.6 Å². The first kappa shape index (κ1) is 17.0. The van der Waals surface area contributed by atoms with Crippen molar-refractivity contribution in [3.8, 4) is 5.75 Å². The molecule has 1 aromatic carbocycles. The maximum atomic E-state index is 12.6. The Morgan fingerprint density at radius 1 is 1.42 bits per heavy atom. The number of aromatic amines is 1. The van der Waals surface area contributed by atoms with Crippen molar-refractivity contribution >= 4 is 39.4 Å². The Morgan fingerprint density at radius 2 is 2.21 bits per heavy atom. The van der Waals surface area contributed by atoms with Gasteiger partial charge in [0.25, 0.3) is 5.56 Å². The summed E-state index contributed by atoms with van der Waals surface area (Å²) in [5.74, 6) is 1.34. The van der Waals surface area contributed by atoms with Gasteiger partial charge in [0, 0.05) is 12.3 Å². The van der Waals surface area contributed by atoms with Gasteiger partial charge in [-0.2, -0.15) is 0 Å². The third kappa shape index (κ3) is 3.21. The zero-order chi connectivity index (χ0) is 17.3. The summed E-state index contributed by atoms with van der Waals surface area (Å²) >= 11 is 4.88. The first-order valence-corrected chi connectivity index (χ1v) is 9.21. The summed E-state index contributed by atoms with van der Waals surface area (Å²) in [6.45, 7) is 1.97. The summed E-state index contributed by atoms with van der Waals surface area (Å²) in [5.41, 5.74) is 1.14. The number of rotatable bonds is 4. The second-order valence-electron chi connectivity index (χ2n) is 5.27. The predicted molar refractivity (Wildman–Crippen MR) is 97.0 cm³/mol. The molecule has 3 rings (SSSR count). The molecule has 2 N–H and O–H groups in total. The summed E-state index contributed by atoms with van der Waals surface area (Å²) in [6.07, 6.45) is 0.205. The molecule has 2 heterocycles. The molecule has 6 nitrogen and oxygen atoms in total. The van der Waals surface area contributed by atoms with Crippen LogP contribution in [0.2, 0.25) is 0 Å². The first-order chi connectivity index (χ1) is 11.5. The highest BCUT2D eigenvalue weighted by Crippen LogP contribution is 2.37. The van der Waals surface area contributed by atoms with Crippen LogP contribution in [-0.2, 0) is 4.79 Å².